The average Bonchev–Trinajstić information content (AvgIpc) is 3.30. The van der Waals surface area contributed by atoms with Gasteiger partial charge in [-0.05, 0) is 25.0 Å². The second-order valence-corrected chi connectivity index (χ2v) is 7.27. The number of aliphatic hydroxyl groups is 1. The van der Waals surface area contributed by atoms with E-state index >= 15 is 0 Å². The summed E-state index contributed by atoms with van der Waals surface area (Å²) in [5.74, 6) is -0.889. The number of aliphatic hydroxyl groups excluding tert-OH is 1. The molecule has 3 amide bonds. The summed E-state index contributed by atoms with van der Waals surface area (Å²) in [4.78, 5) is 38.0. The maximum Gasteiger partial charge on any atom is 0.255 e. The summed E-state index contributed by atoms with van der Waals surface area (Å²) in [6.07, 6.45) is 4.93. The number of carbonyl (C=O) groups is 3. The van der Waals surface area contributed by atoms with Gasteiger partial charge in [0.05, 0.1) is 6.20 Å². The third-order valence-corrected chi connectivity index (χ3v) is 5.30. The zero-order valence-corrected chi connectivity index (χ0v) is 15.9. The molecule has 1 fully saturated rings. The van der Waals surface area contributed by atoms with Crippen molar-refractivity contribution >= 4 is 23.4 Å². The molecule has 1 unspecified atom stereocenters. The van der Waals surface area contributed by atoms with Gasteiger partial charge in [-0.15, -0.1) is 0 Å². The van der Waals surface area contributed by atoms with Crippen LogP contribution < -0.4 is 10.6 Å². The van der Waals surface area contributed by atoms with Gasteiger partial charge in [0.2, 0.25) is 11.8 Å². The fraction of sp³-hybridized carbons (Fsp3) is 0.400. The summed E-state index contributed by atoms with van der Waals surface area (Å²) in [7, 11) is 0. The van der Waals surface area contributed by atoms with Crippen LogP contribution in [0.5, 0.6) is 0 Å². The second kappa shape index (κ2) is 8.04. The number of amides is 3. The largest absolute Gasteiger partial charge is 0.396 e. The number of rotatable bonds is 7. The number of fused-ring (bicyclic) bond motifs is 1. The van der Waals surface area contributed by atoms with Crippen LogP contribution in [-0.4, -0.2) is 50.2 Å². The van der Waals surface area contributed by atoms with E-state index in [2.05, 4.69) is 15.7 Å². The van der Waals surface area contributed by atoms with E-state index in [9.17, 15) is 14.4 Å². The highest BCUT2D eigenvalue weighted by Gasteiger charge is 2.39. The number of imide groups is 1. The maximum atomic E-state index is 12.9. The molecule has 3 heterocycles. The average molecular weight is 397 g/mol. The van der Waals surface area contributed by atoms with Crippen molar-refractivity contribution in [2.24, 2.45) is 0 Å². The van der Waals surface area contributed by atoms with E-state index in [1.165, 1.54) is 0 Å². The number of hydrogen-bond acceptors (Lipinski definition) is 6. The van der Waals surface area contributed by atoms with E-state index in [4.69, 9.17) is 5.11 Å². The number of nitrogens with one attached hydrogen (secondary N) is 2. The van der Waals surface area contributed by atoms with E-state index in [0.29, 0.717) is 38.0 Å². The summed E-state index contributed by atoms with van der Waals surface area (Å²) < 4.78 is 1.79. The van der Waals surface area contributed by atoms with Crippen molar-refractivity contribution in [3.63, 3.8) is 0 Å². The number of hydrogen-bond donors (Lipinski definition) is 3. The van der Waals surface area contributed by atoms with E-state index in [-0.39, 0.29) is 24.8 Å². The highest BCUT2D eigenvalue weighted by atomic mass is 16.3. The first-order chi connectivity index (χ1) is 14.1. The van der Waals surface area contributed by atoms with Crippen LogP contribution in [0, 0.1) is 0 Å². The molecule has 0 bridgehead atoms. The Morgan fingerprint density at radius 1 is 1.28 bits per heavy atom. The predicted molar refractivity (Wildman–Crippen MR) is 104 cm³/mol. The van der Waals surface area contributed by atoms with Gasteiger partial charge in [-0.2, -0.15) is 5.10 Å². The minimum Gasteiger partial charge on any atom is -0.396 e. The molecule has 9 nitrogen and oxygen atoms in total. The highest BCUT2D eigenvalue weighted by Crippen LogP contribution is 2.32. The van der Waals surface area contributed by atoms with Crippen molar-refractivity contribution in [2.75, 3.05) is 11.9 Å². The van der Waals surface area contributed by atoms with Crippen LogP contribution in [0.4, 0.5) is 5.69 Å². The van der Waals surface area contributed by atoms with Gasteiger partial charge in [-0.1, -0.05) is 6.07 Å². The standard InChI is InChI=1S/C20H23N5O4/c26-8-2-7-24-11-13(10-22-24)9-21-16-4-1-3-14-15(16)12-25(20(14)29)17-5-6-18(27)23-19(17)28/h1,3-4,10-11,17,21,26H,2,5-9,12H2,(H,23,27,28). The molecule has 2 aromatic rings. The van der Waals surface area contributed by atoms with Crippen LogP contribution in [0.2, 0.25) is 0 Å². The number of aryl methyl sites for hydroxylation is 1. The second-order valence-electron chi connectivity index (χ2n) is 7.27. The van der Waals surface area contributed by atoms with E-state index in [1.54, 1.807) is 21.8 Å². The first kappa shape index (κ1) is 19.1. The number of benzene rings is 1. The maximum absolute atomic E-state index is 12.9. The number of piperidine rings is 1. The minimum atomic E-state index is -0.620. The Morgan fingerprint density at radius 3 is 2.93 bits per heavy atom. The Kier molecular flexibility index (Phi) is 5.30. The molecule has 4 rings (SSSR count). The van der Waals surface area contributed by atoms with Crippen LogP contribution in [-0.2, 0) is 29.2 Å². The Bertz CT molecular complexity index is 954. The zero-order chi connectivity index (χ0) is 20.4. The van der Waals surface area contributed by atoms with Crippen molar-refractivity contribution in [1.29, 1.82) is 0 Å². The third kappa shape index (κ3) is 3.86. The van der Waals surface area contributed by atoms with Crippen molar-refractivity contribution in [1.82, 2.24) is 20.0 Å². The molecule has 2 aliphatic heterocycles. The first-order valence-corrected chi connectivity index (χ1v) is 9.69. The minimum absolute atomic E-state index is 0.126. The fourth-order valence-corrected chi connectivity index (χ4v) is 3.80. The van der Waals surface area contributed by atoms with Gasteiger partial charge in [0.1, 0.15) is 6.04 Å². The van der Waals surface area contributed by atoms with Gasteiger partial charge >= 0.3 is 0 Å². The molecule has 152 valence electrons. The zero-order valence-electron chi connectivity index (χ0n) is 15.9. The molecule has 0 saturated carbocycles. The Labute approximate surface area is 167 Å². The molecule has 3 N–H and O–H groups in total. The molecular weight excluding hydrogens is 374 g/mol. The number of aromatic nitrogens is 2. The number of nitrogens with zero attached hydrogens (tertiary/aromatic N) is 3. The summed E-state index contributed by atoms with van der Waals surface area (Å²) in [6, 6.07) is 4.88. The lowest BCUT2D eigenvalue weighted by atomic mass is 10.0. The molecule has 1 atom stereocenters. The fourth-order valence-electron chi connectivity index (χ4n) is 3.80. The molecule has 0 radical (unpaired) electrons. The smallest absolute Gasteiger partial charge is 0.255 e. The van der Waals surface area contributed by atoms with Crippen molar-refractivity contribution < 1.29 is 19.5 Å². The van der Waals surface area contributed by atoms with Crippen LogP contribution >= 0.6 is 0 Å². The molecule has 9 heteroatoms. The lowest BCUT2D eigenvalue weighted by molar-refractivity contribution is -0.136. The third-order valence-electron chi connectivity index (χ3n) is 5.30. The van der Waals surface area contributed by atoms with E-state index in [0.717, 1.165) is 16.8 Å². The van der Waals surface area contributed by atoms with Crippen LogP contribution in [0.1, 0.15) is 40.7 Å². The molecule has 1 aromatic heterocycles. The Balaban J connectivity index is 1.46. The van der Waals surface area contributed by atoms with Gasteiger partial charge in [-0.3, -0.25) is 24.4 Å². The van der Waals surface area contributed by atoms with Gasteiger partial charge in [0.15, 0.2) is 0 Å². The topological polar surface area (TPSA) is 117 Å². The lowest BCUT2D eigenvalue weighted by Gasteiger charge is -2.29. The summed E-state index contributed by atoms with van der Waals surface area (Å²) in [6.45, 7) is 1.66. The van der Waals surface area contributed by atoms with Crippen molar-refractivity contribution in [3.05, 3.63) is 47.3 Å². The lowest BCUT2D eigenvalue weighted by Crippen LogP contribution is -2.52. The molecule has 1 saturated heterocycles. The molecule has 0 spiro atoms. The monoisotopic (exact) mass is 397 g/mol. The molecular formula is C20H23N5O4. The number of anilines is 1. The SMILES string of the molecule is O=C1CCC(N2Cc3c(NCc4cnn(CCCO)c4)cccc3C2=O)C(=O)N1. The Morgan fingerprint density at radius 2 is 2.14 bits per heavy atom. The van der Waals surface area contributed by atoms with E-state index < -0.39 is 11.9 Å². The quantitative estimate of drug-likeness (QED) is 0.591. The van der Waals surface area contributed by atoms with Crippen LogP contribution in [0.25, 0.3) is 0 Å². The molecule has 1 aromatic carbocycles. The van der Waals surface area contributed by atoms with E-state index in [1.807, 2.05) is 18.3 Å². The summed E-state index contributed by atoms with van der Waals surface area (Å²) in [5.41, 5.74) is 3.27. The molecule has 0 aliphatic carbocycles. The first-order valence-electron chi connectivity index (χ1n) is 9.69. The van der Waals surface area contributed by atoms with Crippen molar-refractivity contribution in [2.45, 2.75) is 44.9 Å². The summed E-state index contributed by atoms with van der Waals surface area (Å²) >= 11 is 0. The van der Waals surface area contributed by atoms with Gasteiger partial charge in [0.25, 0.3) is 5.91 Å². The van der Waals surface area contributed by atoms with Gasteiger partial charge in [0, 0.05) is 61.2 Å². The van der Waals surface area contributed by atoms with Crippen LogP contribution in [0.3, 0.4) is 0 Å². The predicted octanol–water partition coefficient (Wildman–Crippen LogP) is 0.639. The molecule has 2 aliphatic rings. The normalized spacial score (nSPS) is 18.7. The Hall–Kier alpha value is -3.20. The van der Waals surface area contributed by atoms with Gasteiger partial charge in [-0.25, -0.2) is 0 Å². The highest BCUT2D eigenvalue weighted by molar-refractivity contribution is 6.06. The van der Waals surface area contributed by atoms with Crippen LogP contribution in [0.15, 0.2) is 30.6 Å². The van der Waals surface area contributed by atoms with Gasteiger partial charge < -0.3 is 15.3 Å². The summed E-state index contributed by atoms with van der Waals surface area (Å²) in [5, 5.41) is 18.9. The molecule has 29 heavy (non-hydrogen) atoms. The van der Waals surface area contributed by atoms with Crippen molar-refractivity contribution in [3.8, 4) is 0 Å². The number of carbonyl (C=O) groups excluding carboxylic acids is 3.